The van der Waals surface area contributed by atoms with Crippen LogP contribution in [0.2, 0.25) is 0 Å². The molecular formula is C15H20N2O2. The first-order valence-corrected chi connectivity index (χ1v) is 6.65. The maximum atomic E-state index is 9.16. The molecule has 1 aliphatic rings. The highest BCUT2D eigenvalue weighted by molar-refractivity contribution is 5.39. The summed E-state index contributed by atoms with van der Waals surface area (Å²) in [5, 5.41) is 9.16. The lowest BCUT2D eigenvalue weighted by Crippen LogP contribution is -2.42. The zero-order valence-electron chi connectivity index (χ0n) is 11.3. The Morgan fingerprint density at radius 3 is 2.84 bits per heavy atom. The van der Waals surface area contributed by atoms with Gasteiger partial charge in [-0.2, -0.15) is 5.26 Å². The quantitative estimate of drug-likeness (QED) is 0.883. The minimum absolute atomic E-state index is 0.229. The molecule has 2 unspecified atom stereocenters. The minimum Gasteiger partial charge on any atom is -0.493 e. The van der Waals surface area contributed by atoms with Crippen LogP contribution in [0.1, 0.15) is 25.7 Å². The van der Waals surface area contributed by atoms with Crippen molar-refractivity contribution in [3.63, 3.8) is 0 Å². The van der Waals surface area contributed by atoms with E-state index in [4.69, 9.17) is 20.5 Å². The van der Waals surface area contributed by atoms with Crippen LogP contribution in [0.3, 0.4) is 0 Å². The molecule has 0 bridgehead atoms. The van der Waals surface area contributed by atoms with E-state index in [1.165, 1.54) is 0 Å². The first-order chi connectivity index (χ1) is 9.19. The van der Waals surface area contributed by atoms with Crippen LogP contribution in [0, 0.1) is 17.2 Å². The van der Waals surface area contributed by atoms with Crippen LogP contribution in [-0.2, 0) is 0 Å². The van der Waals surface area contributed by atoms with Crippen molar-refractivity contribution >= 4 is 0 Å². The van der Waals surface area contributed by atoms with Gasteiger partial charge in [0.25, 0.3) is 0 Å². The molecule has 1 saturated carbocycles. The summed E-state index contributed by atoms with van der Waals surface area (Å²) in [7, 11) is 1.62. The van der Waals surface area contributed by atoms with Gasteiger partial charge >= 0.3 is 0 Å². The van der Waals surface area contributed by atoms with Crippen LogP contribution < -0.4 is 15.2 Å². The van der Waals surface area contributed by atoms with Crippen molar-refractivity contribution in [2.75, 3.05) is 13.7 Å². The van der Waals surface area contributed by atoms with Gasteiger partial charge in [-0.25, -0.2) is 0 Å². The smallest absolute Gasteiger partial charge is 0.161 e. The molecule has 4 nitrogen and oxygen atoms in total. The van der Waals surface area contributed by atoms with Gasteiger partial charge < -0.3 is 15.2 Å². The number of nitrogens with zero attached hydrogens (tertiary/aromatic N) is 1. The van der Waals surface area contributed by atoms with E-state index in [0.29, 0.717) is 6.61 Å². The first-order valence-electron chi connectivity index (χ1n) is 6.65. The molecule has 2 N–H and O–H groups in total. The number of nitriles is 1. The normalized spacial score (nSPS) is 25.8. The summed E-state index contributed by atoms with van der Waals surface area (Å²) in [6.07, 6.45) is 3.65. The van der Waals surface area contributed by atoms with E-state index in [0.717, 1.165) is 37.2 Å². The van der Waals surface area contributed by atoms with Crippen molar-refractivity contribution in [1.29, 1.82) is 5.26 Å². The van der Waals surface area contributed by atoms with Crippen LogP contribution in [-0.4, -0.2) is 19.3 Å². The van der Waals surface area contributed by atoms with Gasteiger partial charge in [0, 0.05) is 0 Å². The second-order valence-electron chi connectivity index (χ2n) is 5.03. The van der Waals surface area contributed by atoms with E-state index in [-0.39, 0.29) is 5.92 Å². The molecule has 2 atom stereocenters. The summed E-state index contributed by atoms with van der Waals surface area (Å²) >= 11 is 0. The predicted molar refractivity (Wildman–Crippen MR) is 73.0 cm³/mol. The molecule has 0 aliphatic heterocycles. The minimum atomic E-state index is -0.663. The van der Waals surface area contributed by atoms with E-state index in [1.54, 1.807) is 7.11 Å². The maximum absolute atomic E-state index is 9.16. The lowest BCUT2D eigenvalue weighted by Gasteiger charge is -2.23. The Kier molecular flexibility index (Phi) is 4.28. The summed E-state index contributed by atoms with van der Waals surface area (Å²) in [5.74, 6) is 1.70. The third-order valence-electron chi connectivity index (χ3n) is 3.87. The van der Waals surface area contributed by atoms with Crippen molar-refractivity contribution in [2.24, 2.45) is 11.7 Å². The van der Waals surface area contributed by atoms with E-state index < -0.39 is 5.54 Å². The summed E-state index contributed by atoms with van der Waals surface area (Å²) < 4.78 is 11.0. The van der Waals surface area contributed by atoms with Gasteiger partial charge in [0.05, 0.1) is 19.8 Å². The summed E-state index contributed by atoms with van der Waals surface area (Å²) in [5.41, 5.74) is 5.43. The van der Waals surface area contributed by atoms with E-state index in [2.05, 4.69) is 6.07 Å². The van der Waals surface area contributed by atoms with E-state index in [1.807, 2.05) is 24.3 Å². The molecule has 0 amide bonds. The average Bonchev–Trinajstić information content (AvgIpc) is 2.81. The number of methoxy groups -OCH3 is 1. The Balaban J connectivity index is 1.89. The Hall–Kier alpha value is -1.73. The second kappa shape index (κ2) is 5.94. The van der Waals surface area contributed by atoms with Crippen LogP contribution >= 0.6 is 0 Å². The second-order valence-corrected chi connectivity index (χ2v) is 5.03. The first kappa shape index (κ1) is 13.7. The van der Waals surface area contributed by atoms with Crippen LogP contribution in [0.4, 0.5) is 0 Å². The predicted octanol–water partition coefficient (Wildman–Crippen LogP) is 2.49. The van der Waals surface area contributed by atoms with Crippen molar-refractivity contribution in [3.8, 4) is 17.6 Å². The number of hydrogen-bond acceptors (Lipinski definition) is 4. The molecule has 4 heteroatoms. The lowest BCUT2D eigenvalue weighted by molar-refractivity contribution is 0.245. The Morgan fingerprint density at radius 1 is 1.42 bits per heavy atom. The van der Waals surface area contributed by atoms with Gasteiger partial charge in [-0.1, -0.05) is 18.6 Å². The molecule has 1 aromatic carbocycles. The van der Waals surface area contributed by atoms with E-state index >= 15 is 0 Å². The topological polar surface area (TPSA) is 68.3 Å². The molecule has 19 heavy (non-hydrogen) atoms. The van der Waals surface area contributed by atoms with Gasteiger partial charge in [0.2, 0.25) is 0 Å². The monoisotopic (exact) mass is 260 g/mol. The largest absolute Gasteiger partial charge is 0.493 e. The SMILES string of the molecule is COc1ccccc1OCCC1CCCC1(N)C#N. The lowest BCUT2D eigenvalue weighted by atomic mass is 9.87. The Morgan fingerprint density at radius 2 is 2.16 bits per heavy atom. The molecule has 1 fully saturated rings. The average molecular weight is 260 g/mol. The van der Waals surface area contributed by atoms with Crippen molar-refractivity contribution in [3.05, 3.63) is 24.3 Å². The standard InChI is InChI=1S/C15H20N2O2/c1-18-13-6-2-3-7-14(13)19-10-8-12-5-4-9-15(12,17)11-16/h2-3,6-7,12H,4-5,8-10,17H2,1H3. The third kappa shape index (κ3) is 2.99. The molecule has 0 aromatic heterocycles. The molecule has 102 valence electrons. The molecule has 1 aliphatic carbocycles. The number of nitrogens with two attached hydrogens (primary N) is 1. The molecule has 1 aromatic rings. The number of rotatable bonds is 5. The van der Waals surface area contributed by atoms with Crippen LogP contribution in [0.25, 0.3) is 0 Å². The van der Waals surface area contributed by atoms with Crippen LogP contribution in [0.5, 0.6) is 11.5 Å². The van der Waals surface area contributed by atoms with Crippen molar-refractivity contribution < 1.29 is 9.47 Å². The molecule has 2 rings (SSSR count). The Bertz CT molecular complexity index is 469. The van der Waals surface area contributed by atoms with Crippen LogP contribution in [0.15, 0.2) is 24.3 Å². The van der Waals surface area contributed by atoms with Gasteiger partial charge in [-0.05, 0) is 37.3 Å². The fourth-order valence-corrected chi connectivity index (χ4v) is 2.70. The number of ether oxygens (including phenoxy) is 2. The summed E-state index contributed by atoms with van der Waals surface area (Å²) in [6.45, 7) is 0.561. The number of benzene rings is 1. The number of hydrogen-bond donors (Lipinski definition) is 1. The summed E-state index contributed by atoms with van der Waals surface area (Å²) in [4.78, 5) is 0. The molecule has 0 heterocycles. The molecule has 0 spiro atoms. The highest BCUT2D eigenvalue weighted by Gasteiger charge is 2.39. The molecule has 0 saturated heterocycles. The van der Waals surface area contributed by atoms with Crippen molar-refractivity contribution in [2.45, 2.75) is 31.2 Å². The highest BCUT2D eigenvalue weighted by atomic mass is 16.5. The molecular weight excluding hydrogens is 240 g/mol. The van der Waals surface area contributed by atoms with Gasteiger partial charge in [-0.15, -0.1) is 0 Å². The molecule has 0 radical (unpaired) electrons. The Labute approximate surface area is 114 Å². The zero-order chi connectivity index (χ0) is 13.7. The van der Waals surface area contributed by atoms with Gasteiger partial charge in [-0.3, -0.25) is 0 Å². The van der Waals surface area contributed by atoms with Crippen molar-refractivity contribution in [1.82, 2.24) is 0 Å². The fraction of sp³-hybridized carbons (Fsp3) is 0.533. The number of para-hydroxylation sites is 2. The zero-order valence-corrected chi connectivity index (χ0v) is 11.3. The van der Waals surface area contributed by atoms with E-state index in [9.17, 15) is 0 Å². The fourth-order valence-electron chi connectivity index (χ4n) is 2.70. The van der Waals surface area contributed by atoms with Gasteiger partial charge in [0.15, 0.2) is 11.5 Å². The third-order valence-corrected chi connectivity index (χ3v) is 3.87. The summed E-state index contributed by atoms with van der Waals surface area (Å²) in [6, 6.07) is 9.83. The maximum Gasteiger partial charge on any atom is 0.161 e. The van der Waals surface area contributed by atoms with Gasteiger partial charge in [0.1, 0.15) is 5.54 Å². The highest BCUT2D eigenvalue weighted by Crippen LogP contribution is 2.36.